The van der Waals surface area contributed by atoms with Gasteiger partial charge in [-0.15, -0.1) is 0 Å². The van der Waals surface area contributed by atoms with Crippen molar-refractivity contribution >= 4 is 57.6 Å². The number of thiocarbonyl (C=S) groups is 1. The Kier molecular flexibility index (Phi) is 8.47. The second-order valence-electron chi connectivity index (χ2n) is 8.06. The number of ether oxygens (including phenoxy) is 3. The van der Waals surface area contributed by atoms with Crippen LogP contribution in [-0.2, 0) is 9.59 Å². The Bertz CT molecular complexity index is 1350. The average molecular weight is 535 g/mol. The van der Waals surface area contributed by atoms with Crippen molar-refractivity contribution in [1.29, 1.82) is 0 Å². The van der Waals surface area contributed by atoms with Crippen molar-refractivity contribution in [3.63, 3.8) is 0 Å². The van der Waals surface area contributed by atoms with Gasteiger partial charge in [0.25, 0.3) is 11.8 Å². The Hall–Kier alpha value is -3.82. The number of nitrogens with zero attached hydrogens (tertiary/aromatic N) is 1. The molecule has 190 valence electrons. The van der Waals surface area contributed by atoms with Gasteiger partial charge in [0.15, 0.2) is 22.4 Å². The van der Waals surface area contributed by atoms with E-state index in [1.165, 1.54) is 23.8 Å². The van der Waals surface area contributed by atoms with Gasteiger partial charge in [-0.25, -0.2) is 0 Å². The van der Waals surface area contributed by atoms with Crippen molar-refractivity contribution in [2.24, 2.45) is 0 Å². The third-order valence-electron chi connectivity index (χ3n) is 5.35. The van der Waals surface area contributed by atoms with Gasteiger partial charge in [-0.05, 0) is 79.6 Å². The molecule has 1 saturated heterocycles. The van der Waals surface area contributed by atoms with Gasteiger partial charge in [0.1, 0.15) is 5.75 Å². The predicted octanol–water partition coefficient (Wildman–Crippen LogP) is 5.83. The standard InChI is InChI=1S/C28H26N2O5S2/c1-4-34-22-11-9-20(10-12-22)29-26(31)17-35-23-13-8-19(15-24(23)33-3)16-25-27(32)30(28(36)37-25)21-7-5-6-18(2)14-21/h5-16H,4,17H2,1-3H3,(H,29,31)/b25-16-. The van der Waals surface area contributed by atoms with Gasteiger partial charge >= 0.3 is 0 Å². The number of hydrogen-bond acceptors (Lipinski definition) is 7. The molecule has 9 heteroatoms. The second-order valence-corrected chi connectivity index (χ2v) is 9.74. The van der Waals surface area contributed by atoms with E-state index in [9.17, 15) is 9.59 Å². The summed E-state index contributed by atoms with van der Waals surface area (Å²) in [6, 6.07) is 20.0. The molecule has 0 bridgehead atoms. The maximum atomic E-state index is 13.1. The molecule has 0 saturated carbocycles. The molecule has 1 heterocycles. The molecule has 3 aromatic carbocycles. The Morgan fingerprint density at radius 3 is 2.54 bits per heavy atom. The Morgan fingerprint density at radius 1 is 1.05 bits per heavy atom. The number of thioether (sulfide) groups is 1. The lowest BCUT2D eigenvalue weighted by Gasteiger charge is -2.14. The molecular weight excluding hydrogens is 508 g/mol. The number of benzene rings is 3. The average Bonchev–Trinajstić information content (AvgIpc) is 3.16. The molecule has 0 aliphatic carbocycles. The summed E-state index contributed by atoms with van der Waals surface area (Å²) in [5.41, 5.74) is 3.18. The zero-order valence-corrected chi connectivity index (χ0v) is 22.3. The first kappa shape index (κ1) is 26.2. The van der Waals surface area contributed by atoms with Crippen molar-refractivity contribution in [3.05, 3.63) is 82.8 Å². The molecule has 0 aromatic heterocycles. The maximum absolute atomic E-state index is 13.1. The van der Waals surface area contributed by atoms with E-state index in [4.69, 9.17) is 26.4 Å². The molecule has 0 atom stereocenters. The van der Waals surface area contributed by atoms with Crippen LogP contribution in [0.5, 0.6) is 17.2 Å². The van der Waals surface area contributed by atoms with Crippen LogP contribution in [-0.4, -0.2) is 36.5 Å². The van der Waals surface area contributed by atoms with Crippen LogP contribution in [0.15, 0.2) is 71.6 Å². The van der Waals surface area contributed by atoms with E-state index < -0.39 is 0 Å². The largest absolute Gasteiger partial charge is 0.494 e. The van der Waals surface area contributed by atoms with Crippen LogP contribution in [0.1, 0.15) is 18.1 Å². The molecule has 3 aromatic rings. The van der Waals surface area contributed by atoms with E-state index in [0.717, 1.165) is 22.6 Å². The summed E-state index contributed by atoms with van der Waals surface area (Å²) in [6.07, 6.45) is 1.76. The van der Waals surface area contributed by atoms with Crippen LogP contribution in [0.25, 0.3) is 6.08 Å². The van der Waals surface area contributed by atoms with Gasteiger partial charge in [0.05, 0.1) is 24.3 Å². The fraction of sp³-hybridized carbons (Fsp3) is 0.179. The van der Waals surface area contributed by atoms with Crippen molar-refractivity contribution in [1.82, 2.24) is 0 Å². The molecule has 0 spiro atoms. The molecule has 1 fully saturated rings. The van der Waals surface area contributed by atoms with Crippen LogP contribution in [0.4, 0.5) is 11.4 Å². The topological polar surface area (TPSA) is 77.1 Å². The van der Waals surface area contributed by atoms with Gasteiger partial charge in [-0.1, -0.05) is 42.2 Å². The predicted molar refractivity (Wildman–Crippen MR) is 152 cm³/mol. The molecule has 37 heavy (non-hydrogen) atoms. The Balaban J connectivity index is 1.41. The van der Waals surface area contributed by atoms with E-state index in [0.29, 0.717) is 33.0 Å². The van der Waals surface area contributed by atoms with E-state index in [1.807, 2.05) is 38.1 Å². The monoisotopic (exact) mass is 534 g/mol. The van der Waals surface area contributed by atoms with E-state index in [-0.39, 0.29) is 18.4 Å². The number of carbonyl (C=O) groups excluding carboxylic acids is 2. The third-order valence-corrected chi connectivity index (χ3v) is 6.65. The molecule has 4 rings (SSSR count). The lowest BCUT2D eigenvalue weighted by Crippen LogP contribution is -2.27. The van der Waals surface area contributed by atoms with Crippen molar-refractivity contribution in [2.75, 3.05) is 30.5 Å². The minimum atomic E-state index is -0.310. The number of amides is 2. The van der Waals surface area contributed by atoms with Gasteiger partial charge in [0, 0.05) is 5.69 Å². The zero-order chi connectivity index (χ0) is 26.4. The zero-order valence-electron chi connectivity index (χ0n) is 20.6. The first-order chi connectivity index (χ1) is 17.9. The fourth-order valence-electron chi connectivity index (χ4n) is 3.64. The highest BCUT2D eigenvalue weighted by Gasteiger charge is 2.33. The minimum Gasteiger partial charge on any atom is -0.494 e. The van der Waals surface area contributed by atoms with E-state index in [2.05, 4.69) is 5.32 Å². The summed E-state index contributed by atoms with van der Waals surface area (Å²) in [4.78, 5) is 27.5. The normalized spacial score (nSPS) is 14.1. The van der Waals surface area contributed by atoms with Crippen molar-refractivity contribution in [2.45, 2.75) is 13.8 Å². The molecule has 1 N–H and O–H groups in total. The lowest BCUT2D eigenvalue weighted by atomic mass is 10.1. The first-order valence-electron chi connectivity index (χ1n) is 11.6. The van der Waals surface area contributed by atoms with Gasteiger partial charge < -0.3 is 19.5 Å². The van der Waals surface area contributed by atoms with Crippen molar-refractivity contribution < 1.29 is 23.8 Å². The van der Waals surface area contributed by atoms with E-state index in [1.54, 1.807) is 48.5 Å². The van der Waals surface area contributed by atoms with Gasteiger partial charge in [-0.2, -0.15) is 0 Å². The quantitative estimate of drug-likeness (QED) is 0.274. The number of methoxy groups -OCH3 is 1. The summed E-state index contributed by atoms with van der Waals surface area (Å²) in [6.45, 7) is 4.26. The second kappa shape index (κ2) is 11.9. The highest BCUT2D eigenvalue weighted by Crippen LogP contribution is 2.37. The number of carbonyl (C=O) groups is 2. The number of aryl methyl sites for hydroxylation is 1. The van der Waals surface area contributed by atoms with Crippen LogP contribution < -0.4 is 24.4 Å². The minimum absolute atomic E-state index is 0.175. The van der Waals surface area contributed by atoms with Gasteiger partial charge in [0.2, 0.25) is 0 Å². The summed E-state index contributed by atoms with van der Waals surface area (Å²) in [7, 11) is 1.52. The third kappa shape index (κ3) is 6.49. The maximum Gasteiger partial charge on any atom is 0.270 e. The molecule has 1 aliphatic rings. The summed E-state index contributed by atoms with van der Waals surface area (Å²) in [5.74, 6) is 1.10. The van der Waals surface area contributed by atoms with E-state index >= 15 is 0 Å². The number of nitrogens with one attached hydrogen (secondary N) is 1. The molecular formula is C28H26N2O5S2. The summed E-state index contributed by atoms with van der Waals surface area (Å²) < 4.78 is 17.0. The molecule has 1 aliphatic heterocycles. The smallest absolute Gasteiger partial charge is 0.270 e. The number of anilines is 2. The highest BCUT2D eigenvalue weighted by molar-refractivity contribution is 8.27. The van der Waals surface area contributed by atoms with Gasteiger partial charge in [-0.3, -0.25) is 14.5 Å². The Labute approximate surface area is 225 Å². The SMILES string of the molecule is CCOc1ccc(NC(=O)COc2ccc(/C=C3\SC(=S)N(c4cccc(C)c4)C3=O)cc2OC)cc1. The van der Waals surface area contributed by atoms with Crippen LogP contribution in [0.2, 0.25) is 0 Å². The summed E-state index contributed by atoms with van der Waals surface area (Å²) in [5, 5.41) is 2.78. The lowest BCUT2D eigenvalue weighted by molar-refractivity contribution is -0.118. The molecule has 0 radical (unpaired) electrons. The molecule has 7 nitrogen and oxygen atoms in total. The summed E-state index contributed by atoms with van der Waals surface area (Å²) >= 11 is 6.72. The molecule has 0 unspecified atom stereocenters. The van der Waals surface area contributed by atoms with Crippen LogP contribution >= 0.6 is 24.0 Å². The highest BCUT2D eigenvalue weighted by atomic mass is 32.2. The first-order valence-corrected chi connectivity index (χ1v) is 12.8. The Morgan fingerprint density at radius 2 is 1.84 bits per heavy atom. The van der Waals surface area contributed by atoms with Crippen LogP contribution in [0, 0.1) is 6.92 Å². The van der Waals surface area contributed by atoms with Crippen molar-refractivity contribution in [3.8, 4) is 17.2 Å². The fourth-order valence-corrected chi connectivity index (χ4v) is 4.94. The number of rotatable bonds is 9. The number of hydrogen-bond donors (Lipinski definition) is 1. The van der Waals surface area contributed by atoms with Crippen LogP contribution in [0.3, 0.4) is 0 Å². The molecule has 2 amide bonds.